The van der Waals surface area contributed by atoms with E-state index in [0.29, 0.717) is 0 Å². The van der Waals surface area contributed by atoms with E-state index in [1.807, 2.05) is 24.3 Å². The van der Waals surface area contributed by atoms with Crippen molar-refractivity contribution in [1.29, 1.82) is 0 Å². The van der Waals surface area contributed by atoms with Crippen LogP contribution in [0.2, 0.25) is 19.6 Å². The maximum absolute atomic E-state index is 5.86. The molecule has 2 aromatic rings. The zero-order valence-corrected chi connectivity index (χ0v) is 17.5. The third kappa shape index (κ3) is 5.29. The van der Waals surface area contributed by atoms with Gasteiger partial charge in [-0.05, 0) is 12.1 Å². The molecule has 0 fully saturated rings. The van der Waals surface area contributed by atoms with Gasteiger partial charge in [-0.25, -0.2) is 0 Å². The fraction of sp³-hybridized carbons (Fsp3) is 0.368. The Morgan fingerprint density at radius 1 is 0.720 bits per heavy atom. The first-order chi connectivity index (χ1) is 12.0. The normalized spacial score (nSPS) is 11.6. The van der Waals surface area contributed by atoms with Crippen LogP contribution < -0.4 is 20.1 Å². The van der Waals surface area contributed by atoms with E-state index in [-0.39, 0.29) is 13.6 Å². The summed E-state index contributed by atoms with van der Waals surface area (Å²) in [4.78, 5) is 0. The summed E-state index contributed by atoms with van der Waals surface area (Å²) in [5, 5.41) is 2.48. The molecule has 0 amide bonds. The Hall–Kier alpha value is -1.39. The number of methoxy groups -OCH3 is 2. The molecule has 0 bridgehead atoms. The Labute approximate surface area is 152 Å². The molecule has 2 rings (SSSR count). The number of rotatable bonds is 9. The molecule has 0 aliphatic heterocycles. The maximum atomic E-state index is 5.86. The van der Waals surface area contributed by atoms with Gasteiger partial charge in [0.05, 0.1) is 7.74 Å². The van der Waals surface area contributed by atoms with Crippen LogP contribution in [0.4, 0.5) is 0 Å². The van der Waals surface area contributed by atoms with Crippen molar-refractivity contribution in [3.8, 4) is 11.5 Å². The van der Waals surface area contributed by atoms with Crippen LogP contribution in [0.15, 0.2) is 48.5 Å². The number of ether oxygens (including phenoxy) is 4. The summed E-state index contributed by atoms with van der Waals surface area (Å²) in [6.45, 7) is 7.65. The summed E-state index contributed by atoms with van der Waals surface area (Å²) < 4.78 is 21.9. The predicted octanol–water partition coefficient (Wildman–Crippen LogP) is 3.92. The molecule has 4 nitrogen and oxygen atoms in total. The summed E-state index contributed by atoms with van der Waals surface area (Å²) >= 11 is 0. The van der Waals surface area contributed by atoms with E-state index in [0.717, 1.165) is 11.5 Å². The second-order valence-electron chi connectivity index (χ2n) is 6.54. The van der Waals surface area contributed by atoms with Gasteiger partial charge in [0.2, 0.25) is 0 Å². The fourth-order valence-corrected chi connectivity index (χ4v) is 11.0. The van der Waals surface area contributed by atoms with Gasteiger partial charge < -0.3 is 18.9 Å². The van der Waals surface area contributed by atoms with E-state index in [1.54, 1.807) is 14.2 Å². The molecular formula is C19H27O4PSi. The molecule has 0 aliphatic rings. The molecule has 0 spiro atoms. The van der Waals surface area contributed by atoms with Crippen LogP contribution in [-0.4, -0.2) is 35.5 Å². The Balaban J connectivity index is 2.53. The van der Waals surface area contributed by atoms with Crippen LogP contribution >= 0.6 is 7.47 Å². The van der Waals surface area contributed by atoms with Crippen molar-refractivity contribution in [2.75, 3.05) is 27.8 Å². The van der Waals surface area contributed by atoms with Crippen LogP contribution in [-0.2, 0) is 9.47 Å². The summed E-state index contributed by atoms with van der Waals surface area (Å²) in [5.74, 6) is 1.78. The van der Waals surface area contributed by atoms with Crippen LogP contribution in [0.3, 0.4) is 0 Å². The molecule has 0 N–H and O–H groups in total. The molecule has 0 aliphatic carbocycles. The molecular weight excluding hydrogens is 351 g/mol. The van der Waals surface area contributed by atoms with E-state index < -0.39 is 15.2 Å². The SMILES string of the molecule is COCOc1ccccc1P(c1ccccc1OCOC)[Si](C)(C)C. The average molecular weight is 378 g/mol. The highest BCUT2D eigenvalue weighted by Gasteiger charge is 2.33. The Morgan fingerprint density at radius 2 is 1.12 bits per heavy atom. The van der Waals surface area contributed by atoms with Crippen LogP contribution in [0.5, 0.6) is 11.5 Å². The van der Waals surface area contributed by atoms with E-state index in [9.17, 15) is 0 Å². The molecule has 6 heteroatoms. The maximum Gasteiger partial charge on any atom is 0.188 e. The average Bonchev–Trinajstić information content (AvgIpc) is 2.59. The highest BCUT2D eigenvalue weighted by molar-refractivity contribution is 8.04. The minimum atomic E-state index is -1.59. The molecule has 0 heterocycles. The molecule has 0 aromatic heterocycles. The molecule has 0 saturated heterocycles. The van der Waals surface area contributed by atoms with Gasteiger partial charge in [0.1, 0.15) is 11.5 Å². The number of para-hydroxylation sites is 2. The zero-order valence-electron chi connectivity index (χ0n) is 15.6. The van der Waals surface area contributed by atoms with Gasteiger partial charge in [0, 0.05) is 24.8 Å². The molecule has 0 unspecified atom stereocenters. The summed E-state index contributed by atoms with van der Waals surface area (Å²) in [6.07, 6.45) is 0. The van der Waals surface area contributed by atoms with Crippen molar-refractivity contribution in [1.82, 2.24) is 0 Å². The minimum absolute atomic E-state index is 0.244. The Morgan fingerprint density at radius 3 is 1.48 bits per heavy atom. The van der Waals surface area contributed by atoms with E-state index >= 15 is 0 Å². The van der Waals surface area contributed by atoms with Crippen molar-refractivity contribution in [3.05, 3.63) is 48.5 Å². The van der Waals surface area contributed by atoms with Gasteiger partial charge in [0.25, 0.3) is 0 Å². The summed E-state index contributed by atoms with van der Waals surface area (Å²) in [6, 6.07) is 16.5. The zero-order chi connectivity index (χ0) is 18.3. The second kappa shape index (κ2) is 9.34. The quantitative estimate of drug-likeness (QED) is 0.377. The Bertz CT molecular complexity index is 621. The van der Waals surface area contributed by atoms with Crippen molar-refractivity contribution in [2.24, 2.45) is 0 Å². The van der Waals surface area contributed by atoms with Crippen molar-refractivity contribution in [2.45, 2.75) is 19.6 Å². The highest BCUT2D eigenvalue weighted by Crippen LogP contribution is 2.48. The van der Waals surface area contributed by atoms with Crippen LogP contribution in [0.1, 0.15) is 0 Å². The predicted molar refractivity (Wildman–Crippen MR) is 107 cm³/mol. The monoisotopic (exact) mass is 378 g/mol. The van der Waals surface area contributed by atoms with E-state index in [1.165, 1.54) is 10.6 Å². The van der Waals surface area contributed by atoms with Crippen LogP contribution in [0, 0.1) is 0 Å². The van der Waals surface area contributed by atoms with Gasteiger partial charge >= 0.3 is 0 Å². The van der Waals surface area contributed by atoms with Gasteiger partial charge in [0.15, 0.2) is 13.6 Å². The highest BCUT2D eigenvalue weighted by atomic mass is 31.4. The topological polar surface area (TPSA) is 36.9 Å². The first kappa shape index (κ1) is 19.9. The third-order valence-corrected chi connectivity index (χ3v) is 12.1. The first-order valence-electron chi connectivity index (χ1n) is 8.20. The summed E-state index contributed by atoms with van der Waals surface area (Å²) in [7, 11) is 1.10. The van der Waals surface area contributed by atoms with Crippen molar-refractivity contribution in [3.63, 3.8) is 0 Å². The molecule has 0 saturated carbocycles. The summed E-state index contributed by atoms with van der Waals surface area (Å²) in [5.41, 5.74) is 0. The van der Waals surface area contributed by atoms with Gasteiger partial charge in [-0.15, -0.1) is 0 Å². The lowest BCUT2D eigenvalue weighted by Gasteiger charge is -2.32. The van der Waals surface area contributed by atoms with Gasteiger partial charge in [-0.3, -0.25) is 0 Å². The largest absolute Gasteiger partial charge is 0.467 e. The van der Waals surface area contributed by atoms with E-state index in [2.05, 4.69) is 43.9 Å². The van der Waals surface area contributed by atoms with E-state index in [4.69, 9.17) is 18.9 Å². The number of hydrogen-bond acceptors (Lipinski definition) is 4. The Kier molecular flexibility index (Phi) is 7.45. The fourth-order valence-electron chi connectivity index (χ4n) is 2.63. The first-order valence-corrected chi connectivity index (χ1v) is 13.9. The third-order valence-electron chi connectivity index (χ3n) is 3.55. The molecule has 0 atom stereocenters. The van der Waals surface area contributed by atoms with Gasteiger partial charge in [-0.2, -0.15) is 0 Å². The lowest BCUT2D eigenvalue weighted by molar-refractivity contribution is 0.0519. The standard InChI is InChI=1S/C19H27O4PSi/c1-20-14-22-16-10-6-8-12-18(16)24(25(3,4)5)19-13-9-7-11-17(19)23-15-21-2/h6-13H,14-15H2,1-5H3. The van der Waals surface area contributed by atoms with Crippen LogP contribution in [0.25, 0.3) is 0 Å². The molecule has 25 heavy (non-hydrogen) atoms. The molecule has 136 valence electrons. The van der Waals surface area contributed by atoms with Gasteiger partial charge in [-0.1, -0.05) is 63.5 Å². The number of benzene rings is 2. The van der Waals surface area contributed by atoms with Crippen molar-refractivity contribution < 1.29 is 18.9 Å². The second-order valence-corrected chi connectivity index (χ2v) is 17.9. The lowest BCUT2D eigenvalue weighted by Crippen LogP contribution is -2.32. The smallest absolute Gasteiger partial charge is 0.188 e. The molecule has 2 aromatic carbocycles. The van der Waals surface area contributed by atoms with Crippen molar-refractivity contribution >= 4 is 25.8 Å². The molecule has 0 radical (unpaired) electrons. The lowest BCUT2D eigenvalue weighted by atomic mass is 10.3. The number of hydrogen-bond donors (Lipinski definition) is 0. The minimum Gasteiger partial charge on any atom is -0.467 e.